The molecule has 0 heterocycles. The molecular formula is C12H20N2O2. The van der Waals surface area contributed by atoms with E-state index < -0.39 is 0 Å². The van der Waals surface area contributed by atoms with E-state index in [0.717, 1.165) is 32.1 Å². The van der Waals surface area contributed by atoms with E-state index >= 15 is 0 Å². The largest absolute Gasteiger partial charge is 0.443 e. The Hall–Kier alpha value is -0.770. The van der Waals surface area contributed by atoms with Crippen molar-refractivity contribution < 1.29 is 9.53 Å². The van der Waals surface area contributed by atoms with Crippen LogP contribution in [-0.2, 0) is 4.74 Å². The molecule has 4 saturated carbocycles. The van der Waals surface area contributed by atoms with Gasteiger partial charge in [0.15, 0.2) is 0 Å². The van der Waals surface area contributed by atoms with Gasteiger partial charge >= 0.3 is 6.09 Å². The average Bonchev–Trinajstić information content (AvgIpc) is 2.12. The predicted molar refractivity (Wildman–Crippen MR) is 59.9 cm³/mol. The number of alkyl carbamates (subject to hydrolysis) is 1. The smallest absolute Gasteiger partial charge is 0.407 e. The van der Waals surface area contributed by atoms with Crippen molar-refractivity contribution in [2.24, 2.45) is 17.6 Å². The lowest BCUT2D eigenvalue weighted by molar-refractivity contribution is -0.135. The molecule has 2 atom stereocenters. The molecule has 0 aromatic carbocycles. The standard InChI is InChI=1S/C12H20N2O2/c1-14-10(15)16-12-5-8-2-9(6-12)4-11(13,3-8)7-12/h8-9H,2-7,13H2,1H3,(H,14,15). The number of rotatable bonds is 1. The molecule has 0 aliphatic heterocycles. The summed E-state index contributed by atoms with van der Waals surface area (Å²) in [5, 5.41) is 2.55. The first-order valence-corrected chi connectivity index (χ1v) is 6.22. The molecule has 4 fully saturated rings. The van der Waals surface area contributed by atoms with Crippen molar-refractivity contribution in [3.8, 4) is 0 Å². The van der Waals surface area contributed by atoms with E-state index in [0.29, 0.717) is 11.8 Å². The maximum atomic E-state index is 11.4. The maximum absolute atomic E-state index is 11.4. The molecule has 2 unspecified atom stereocenters. The van der Waals surface area contributed by atoms with Crippen molar-refractivity contribution in [2.75, 3.05) is 7.05 Å². The van der Waals surface area contributed by atoms with Gasteiger partial charge in [0.25, 0.3) is 0 Å². The molecule has 4 aliphatic carbocycles. The number of carbonyl (C=O) groups excluding carboxylic acids is 1. The Morgan fingerprint density at radius 3 is 2.44 bits per heavy atom. The summed E-state index contributed by atoms with van der Waals surface area (Å²) < 4.78 is 5.63. The van der Waals surface area contributed by atoms with Gasteiger partial charge in [-0.15, -0.1) is 0 Å². The third-order valence-electron chi connectivity index (χ3n) is 4.57. The topological polar surface area (TPSA) is 64.3 Å². The Kier molecular flexibility index (Phi) is 2.03. The second kappa shape index (κ2) is 3.13. The second-order valence-electron chi connectivity index (χ2n) is 6.15. The molecule has 4 bridgehead atoms. The van der Waals surface area contributed by atoms with Crippen LogP contribution in [0.3, 0.4) is 0 Å². The Labute approximate surface area is 95.9 Å². The van der Waals surface area contributed by atoms with Crippen molar-refractivity contribution >= 4 is 6.09 Å². The molecular weight excluding hydrogens is 204 g/mol. The third-order valence-corrected chi connectivity index (χ3v) is 4.57. The summed E-state index contributed by atoms with van der Waals surface area (Å²) in [5.41, 5.74) is 6.10. The SMILES string of the molecule is CNC(=O)OC12CC3CC(CC(N)(C3)C1)C2. The molecule has 4 rings (SSSR count). The summed E-state index contributed by atoms with van der Waals surface area (Å²) in [5.74, 6) is 1.35. The quantitative estimate of drug-likeness (QED) is 0.707. The van der Waals surface area contributed by atoms with Gasteiger partial charge in [-0.1, -0.05) is 0 Å². The van der Waals surface area contributed by atoms with Crippen molar-refractivity contribution in [1.82, 2.24) is 5.32 Å². The van der Waals surface area contributed by atoms with Crippen LogP contribution in [0.1, 0.15) is 38.5 Å². The minimum absolute atomic E-state index is 0.0574. The van der Waals surface area contributed by atoms with Crippen LogP contribution in [0.5, 0.6) is 0 Å². The van der Waals surface area contributed by atoms with Gasteiger partial charge in [-0.2, -0.15) is 0 Å². The molecule has 0 spiro atoms. The summed E-state index contributed by atoms with van der Waals surface area (Å²) in [6.07, 6.45) is 6.15. The van der Waals surface area contributed by atoms with Crippen molar-refractivity contribution in [3.63, 3.8) is 0 Å². The van der Waals surface area contributed by atoms with Crippen LogP contribution < -0.4 is 11.1 Å². The van der Waals surface area contributed by atoms with Crippen molar-refractivity contribution in [1.29, 1.82) is 0 Å². The van der Waals surface area contributed by atoms with E-state index in [-0.39, 0.29) is 17.2 Å². The van der Waals surface area contributed by atoms with Crippen LogP contribution in [0.15, 0.2) is 0 Å². The first-order valence-electron chi connectivity index (χ1n) is 6.22. The minimum Gasteiger partial charge on any atom is -0.443 e. The van der Waals surface area contributed by atoms with Crippen LogP contribution in [0, 0.1) is 11.8 Å². The third kappa shape index (κ3) is 1.51. The lowest BCUT2D eigenvalue weighted by Crippen LogP contribution is -2.64. The molecule has 4 heteroatoms. The summed E-state index contributed by atoms with van der Waals surface area (Å²) >= 11 is 0. The monoisotopic (exact) mass is 224 g/mol. The lowest BCUT2D eigenvalue weighted by atomic mass is 9.51. The van der Waals surface area contributed by atoms with Crippen LogP contribution in [-0.4, -0.2) is 24.3 Å². The van der Waals surface area contributed by atoms with Gasteiger partial charge < -0.3 is 15.8 Å². The van der Waals surface area contributed by atoms with Crippen molar-refractivity contribution in [3.05, 3.63) is 0 Å². The fraction of sp³-hybridized carbons (Fsp3) is 0.917. The Balaban J connectivity index is 1.83. The predicted octanol–water partition coefficient (Wildman–Crippen LogP) is 1.39. The number of hydrogen-bond acceptors (Lipinski definition) is 3. The van der Waals surface area contributed by atoms with Gasteiger partial charge in [0.1, 0.15) is 5.60 Å². The van der Waals surface area contributed by atoms with Crippen molar-refractivity contribution in [2.45, 2.75) is 49.7 Å². The first kappa shape index (κ1) is 10.4. The highest BCUT2D eigenvalue weighted by molar-refractivity contribution is 5.67. The zero-order valence-corrected chi connectivity index (χ0v) is 9.79. The Bertz CT molecular complexity index is 315. The molecule has 0 radical (unpaired) electrons. The Morgan fingerprint density at radius 1 is 1.31 bits per heavy atom. The van der Waals surface area contributed by atoms with Crippen LogP contribution >= 0.6 is 0 Å². The molecule has 0 aromatic heterocycles. The second-order valence-corrected chi connectivity index (χ2v) is 6.15. The minimum atomic E-state index is -0.300. The van der Waals surface area contributed by atoms with E-state index in [1.807, 2.05) is 0 Å². The van der Waals surface area contributed by atoms with E-state index in [9.17, 15) is 4.79 Å². The van der Waals surface area contributed by atoms with Gasteiger partial charge in [0, 0.05) is 19.0 Å². The molecule has 4 aliphatic rings. The highest BCUT2D eigenvalue weighted by Crippen LogP contribution is 2.57. The number of nitrogens with two attached hydrogens (primary N) is 1. The van der Waals surface area contributed by atoms with E-state index in [1.54, 1.807) is 7.05 Å². The highest BCUT2D eigenvalue weighted by atomic mass is 16.6. The number of nitrogens with one attached hydrogen (secondary N) is 1. The molecule has 16 heavy (non-hydrogen) atoms. The van der Waals surface area contributed by atoms with Crippen LogP contribution in [0.2, 0.25) is 0 Å². The lowest BCUT2D eigenvalue weighted by Gasteiger charge is -2.59. The van der Waals surface area contributed by atoms with Gasteiger partial charge in [-0.3, -0.25) is 0 Å². The average molecular weight is 224 g/mol. The van der Waals surface area contributed by atoms with E-state index in [4.69, 9.17) is 10.5 Å². The van der Waals surface area contributed by atoms with E-state index in [2.05, 4.69) is 5.32 Å². The summed E-state index contributed by atoms with van der Waals surface area (Å²) in [7, 11) is 1.61. The summed E-state index contributed by atoms with van der Waals surface area (Å²) in [6.45, 7) is 0. The maximum Gasteiger partial charge on any atom is 0.407 e. The van der Waals surface area contributed by atoms with Gasteiger partial charge in [-0.05, 0) is 43.9 Å². The zero-order valence-electron chi connectivity index (χ0n) is 9.79. The normalized spacial score (nSPS) is 49.1. The molecule has 3 N–H and O–H groups in total. The molecule has 0 aromatic rings. The fourth-order valence-corrected chi connectivity index (χ4v) is 4.62. The number of carbonyl (C=O) groups is 1. The van der Waals surface area contributed by atoms with Gasteiger partial charge in [0.05, 0.1) is 0 Å². The van der Waals surface area contributed by atoms with E-state index in [1.165, 1.54) is 6.42 Å². The van der Waals surface area contributed by atoms with Crippen LogP contribution in [0.4, 0.5) is 4.79 Å². The van der Waals surface area contributed by atoms with Gasteiger partial charge in [0.2, 0.25) is 0 Å². The zero-order chi connectivity index (χ0) is 11.4. The summed E-state index contributed by atoms with van der Waals surface area (Å²) in [6, 6.07) is 0. The number of amides is 1. The molecule has 4 nitrogen and oxygen atoms in total. The van der Waals surface area contributed by atoms with Gasteiger partial charge in [-0.25, -0.2) is 4.79 Å². The number of hydrogen-bond donors (Lipinski definition) is 2. The summed E-state index contributed by atoms with van der Waals surface area (Å²) in [4.78, 5) is 11.4. The highest BCUT2D eigenvalue weighted by Gasteiger charge is 2.58. The number of ether oxygens (including phenoxy) is 1. The van der Waals surface area contributed by atoms with Crippen LogP contribution in [0.25, 0.3) is 0 Å². The molecule has 90 valence electrons. The fourth-order valence-electron chi connectivity index (χ4n) is 4.62. The molecule has 0 saturated heterocycles. The Morgan fingerprint density at radius 2 is 1.94 bits per heavy atom. The molecule has 1 amide bonds. The first-order chi connectivity index (χ1) is 7.53.